The minimum atomic E-state index is -0.551. The highest BCUT2D eigenvalue weighted by Crippen LogP contribution is 2.39. The van der Waals surface area contributed by atoms with Crippen molar-refractivity contribution < 1.29 is 13.6 Å². The average Bonchev–Trinajstić information content (AvgIpc) is 3.17. The second kappa shape index (κ2) is 10.1. The molecule has 1 aliphatic heterocycles. The Morgan fingerprint density at radius 3 is 2.21 bits per heavy atom. The van der Waals surface area contributed by atoms with Crippen LogP contribution < -0.4 is 5.73 Å². The predicted molar refractivity (Wildman–Crippen MR) is 131 cm³/mol. The summed E-state index contributed by atoms with van der Waals surface area (Å²) < 4.78 is 27.9. The Morgan fingerprint density at radius 2 is 1.68 bits per heavy atom. The third-order valence-corrected chi connectivity index (χ3v) is 6.25. The molecular formula is C27H34F2N4O. The van der Waals surface area contributed by atoms with Crippen LogP contribution in [0.3, 0.4) is 0 Å². The van der Waals surface area contributed by atoms with Crippen LogP contribution in [0.5, 0.6) is 0 Å². The van der Waals surface area contributed by atoms with Crippen LogP contribution in [0.1, 0.15) is 56.3 Å². The number of rotatable bonds is 3. The van der Waals surface area contributed by atoms with Gasteiger partial charge in [-0.3, -0.25) is 4.79 Å². The molecule has 0 saturated carbocycles. The lowest BCUT2D eigenvalue weighted by Gasteiger charge is -2.42. The fourth-order valence-corrected chi connectivity index (χ4v) is 4.52. The van der Waals surface area contributed by atoms with Gasteiger partial charge in [-0.2, -0.15) is 0 Å². The molecule has 5 nitrogen and oxygen atoms in total. The van der Waals surface area contributed by atoms with Gasteiger partial charge in [0.2, 0.25) is 5.91 Å². The maximum Gasteiger partial charge on any atom is 0.237 e. The number of imidazole rings is 1. The van der Waals surface area contributed by atoms with E-state index in [9.17, 15) is 13.6 Å². The first-order valence-corrected chi connectivity index (χ1v) is 11.6. The molecule has 182 valence electrons. The summed E-state index contributed by atoms with van der Waals surface area (Å²) in [6, 6.07) is 11.2. The third kappa shape index (κ3) is 5.04. The predicted octanol–water partition coefficient (Wildman–Crippen LogP) is 5.29. The van der Waals surface area contributed by atoms with Crippen molar-refractivity contribution in [2.45, 2.75) is 59.5 Å². The lowest BCUT2D eigenvalue weighted by Crippen LogP contribution is -2.53. The van der Waals surface area contributed by atoms with Gasteiger partial charge in [0, 0.05) is 24.3 Å². The molecule has 1 amide bonds. The molecule has 4 rings (SSSR count). The third-order valence-electron chi connectivity index (χ3n) is 6.25. The van der Waals surface area contributed by atoms with Crippen LogP contribution in [-0.2, 0) is 16.9 Å². The van der Waals surface area contributed by atoms with E-state index in [1.807, 2.05) is 27.7 Å². The second-order valence-corrected chi connectivity index (χ2v) is 9.54. The largest absolute Gasteiger partial charge is 0.327 e. The van der Waals surface area contributed by atoms with Crippen molar-refractivity contribution >= 4 is 5.91 Å². The molecule has 0 radical (unpaired) electrons. The van der Waals surface area contributed by atoms with Gasteiger partial charge in [0.25, 0.3) is 0 Å². The first-order chi connectivity index (χ1) is 16.0. The Bertz CT molecular complexity index is 1150. The molecule has 1 aromatic heterocycles. The summed E-state index contributed by atoms with van der Waals surface area (Å²) in [7, 11) is 0. The van der Waals surface area contributed by atoms with Gasteiger partial charge in [0.15, 0.2) is 0 Å². The van der Waals surface area contributed by atoms with Crippen molar-refractivity contribution in [2.75, 3.05) is 13.1 Å². The minimum absolute atomic E-state index is 0.00883. The quantitative estimate of drug-likeness (QED) is 0.568. The van der Waals surface area contributed by atoms with Gasteiger partial charge in [0.1, 0.15) is 17.5 Å². The number of aryl methyl sites for hydroxylation is 2. The lowest BCUT2D eigenvalue weighted by atomic mass is 9.98. The minimum Gasteiger partial charge on any atom is -0.327 e. The maximum absolute atomic E-state index is 13.6. The molecule has 2 N–H and O–H groups in total. The van der Waals surface area contributed by atoms with E-state index < -0.39 is 5.54 Å². The Labute approximate surface area is 200 Å². The summed E-state index contributed by atoms with van der Waals surface area (Å²) in [6.07, 6.45) is 0. The van der Waals surface area contributed by atoms with Crippen molar-refractivity contribution in [3.05, 3.63) is 76.7 Å². The molecular weight excluding hydrogens is 434 g/mol. The summed E-state index contributed by atoms with van der Waals surface area (Å²) in [5, 5.41) is 0. The molecule has 2 heterocycles. The summed E-state index contributed by atoms with van der Waals surface area (Å²) >= 11 is 0. The molecule has 3 aromatic rings. The molecule has 0 saturated heterocycles. The van der Waals surface area contributed by atoms with E-state index in [1.54, 1.807) is 23.1 Å². The topological polar surface area (TPSA) is 64.2 Å². The summed E-state index contributed by atoms with van der Waals surface area (Å²) in [4.78, 5) is 19.1. The smallest absolute Gasteiger partial charge is 0.237 e. The zero-order chi connectivity index (χ0) is 25.2. The fraction of sp³-hybridized carbons (Fsp3) is 0.407. The number of nitrogens with two attached hydrogens (primary N) is 1. The summed E-state index contributed by atoms with van der Waals surface area (Å²) in [5.41, 5.74) is 9.93. The van der Waals surface area contributed by atoms with Crippen LogP contribution in [0.15, 0.2) is 42.5 Å². The maximum atomic E-state index is 13.6. The van der Waals surface area contributed by atoms with Crippen LogP contribution in [0.4, 0.5) is 8.78 Å². The normalized spacial score (nSPS) is 14.5. The van der Waals surface area contributed by atoms with Crippen LogP contribution in [0.2, 0.25) is 0 Å². The Kier molecular flexibility index (Phi) is 7.56. The molecule has 0 unspecified atom stereocenters. The van der Waals surface area contributed by atoms with Gasteiger partial charge >= 0.3 is 0 Å². The summed E-state index contributed by atoms with van der Waals surface area (Å²) in [6.45, 7) is 13.4. The van der Waals surface area contributed by atoms with Crippen molar-refractivity contribution in [1.82, 2.24) is 14.5 Å². The molecule has 1 aliphatic rings. The molecule has 7 heteroatoms. The molecule has 0 spiro atoms. The van der Waals surface area contributed by atoms with Crippen LogP contribution in [0.25, 0.3) is 11.3 Å². The number of hydrogen-bond acceptors (Lipinski definition) is 3. The van der Waals surface area contributed by atoms with E-state index in [0.29, 0.717) is 13.1 Å². The monoisotopic (exact) mass is 468 g/mol. The Hall–Kier alpha value is -3.06. The van der Waals surface area contributed by atoms with Crippen molar-refractivity contribution in [2.24, 2.45) is 5.73 Å². The highest BCUT2D eigenvalue weighted by molar-refractivity contribution is 5.79. The van der Waals surface area contributed by atoms with Crippen molar-refractivity contribution in [1.29, 1.82) is 0 Å². The van der Waals surface area contributed by atoms with Crippen molar-refractivity contribution in [3.63, 3.8) is 0 Å². The molecule has 0 bridgehead atoms. The average molecular weight is 469 g/mol. The molecule has 0 fully saturated rings. The first kappa shape index (κ1) is 25.6. The van der Waals surface area contributed by atoms with Crippen LogP contribution in [-0.4, -0.2) is 33.4 Å². The van der Waals surface area contributed by atoms with E-state index in [4.69, 9.17) is 10.7 Å². The van der Waals surface area contributed by atoms with Gasteiger partial charge in [-0.1, -0.05) is 31.5 Å². The zero-order valence-corrected chi connectivity index (χ0v) is 20.8. The molecule has 34 heavy (non-hydrogen) atoms. The fourth-order valence-electron chi connectivity index (χ4n) is 4.52. The number of amides is 1. The first-order valence-electron chi connectivity index (χ1n) is 11.6. The number of carbonyl (C=O) groups excluding carboxylic acids is 1. The van der Waals surface area contributed by atoms with Crippen LogP contribution in [0, 0.1) is 25.5 Å². The van der Waals surface area contributed by atoms with Gasteiger partial charge in [-0.15, -0.1) is 0 Å². The highest BCUT2D eigenvalue weighted by Gasteiger charge is 2.41. The second-order valence-electron chi connectivity index (χ2n) is 9.54. The van der Waals surface area contributed by atoms with Gasteiger partial charge in [-0.05, 0) is 69.5 Å². The van der Waals surface area contributed by atoms with Gasteiger partial charge in [-0.25, -0.2) is 13.8 Å². The molecule has 2 aromatic carbocycles. The number of aromatic nitrogens is 2. The highest BCUT2D eigenvalue weighted by atomic mass is 19.1. The standard InChI is InChI=1S/C20H27FN4O.C7H7F/c1-12(2)18-17(15-7-6-14(21)10-13(15)3)23-19-20(4,5)25(16(26)11-22)9-8-24(18)19;1-6-2-4-7(8)5-3-6/h6-7,10,12H,8-9,11,22H2,1-5H3;2-5H,1H3. The number of hydrogen-bond donors (Lipinski definition) is 1. The van der Waals surface area contributed by atoms with Crippen molar-refractivity contribution in [3.8, 4) is 11.3 Å². The Balaban J connectivity index is 0.000000343. The number of benzene rings is 2. The van der Waals surface area contributed by atoms with E-state index in [2.05, 4.69) is 18.4 Å². The van der Waals surface area contributed by atoms with E-state index in [-0.39, 0.29) is 30.0 Å². The Morgan fingerprint density at radius 1 is 1.06 bits per heavy atom. The molecule has 0 aliphatic carbocycles. The van der Waals surface area contributed by atoms with Gasteiger partial charge in [0.05, 0.1) is 17.8 Å². The van der Waals surface area contributed by atoms with Gasteiger partial charge < -0.3 is 15.2 Å². The van der Waals surface area contributed by atoms with E-state index >= 15 is 0 Å². The van der Waals surface area contributed by atoms with E-state index in [0.717, 1.165) is 33.9 Å². The van der Waals surface area contributed by atoms with Crippen LogP contribution >= 0.6 is 0 Å². The number of fused-ring (bicyclic) bond motifs is 1. The SMILES string of the molecule is Cc1cc(F)ccc1-c1nc2n(c1C(C)C)CCN(C(=O)CN)C2(C)C.Cc1ccc(F)cc1. The molecule has 0 atom stereocenters. The number of nitrogens with zero attached hydrogens (tertiary/aromatic N) is 3. The number of carbonyl (C=O) groups is 1. The van der Waals surface area contributed by atoms with E-state index in [1.165, 1.54) is 24.3 Å². The lowest BCUT2D eigenvalue weighted by molar-refractivity contribution is -0.137. The zero-order valence-electron chi connectivity index (χ0n) is 20.8. The summed E-state index contributed by atoms with van der Waals surface area (Å²) in [5.74, 6) is 0.614. The number of halogens is 2.